The Morgan fingerprint density at radius 3 is 1.23 bits per heavy atom. The molecule has 3 aromatic rings. The molecule has 0 aromatic heterocycles. The molecule has 0 heterocycles. The molecule has 0 N–H and O–H groups in total. The number of rotatable bonds is 8. The van der Waals surface area contributed by atoms with Gasteiger partial charge in [-0.15, -0.1) is 0 Å². The largest absolute Gasteiger partial charge is 0.0955 e. The topological polar surface area (TPSA) is 0 Å². The molecule has 30 heavy (non-hydrogen) atoms. The summed E-state index contributed by atoms with van der Waals surface area (Å²) in [5.41, 5.74) is 11.6. The Bertz CT molecular complexity index is 1000. The van der Waals surface area contributed by atoms with E-state index in [0.717, 1.165) is 46.3 Å². The van der Waals surface area contributed by atoms with Gasteiger partial charge in [-0.1, -0.05) is 104 Å². The minimum Gasteiger partial charge on any atom is -0.0955 e. The lowest BCUT2D eigenvalue weighted by molar-refractivity contribution is 1.26. The third-order valence-corrected chi connectivity index (χ3v) is 5.41. The first kappa shape index (κ1) is 21.3. The number of allylic oxidation sites excluding steroid dienone is 4. The van der Waals surface area contributed by atoms with Crippen LogP contribution in [0.1, 0.15) is 47.2 Å². The summed E-state index contributed by atoms with van der Waals surface area (Å²) >= 11 is 0. The van der Waals surface area contributed by atoms with Crippen LogP contribution in [0.25, 0.3) is 22.3 Å². The quantitative estimate of drug-likeness (QED) is 0.363. The van der Waals surface area contributed by atoms with E-state index in [2.05, 4.69) is 99.1 Å². The highest BCUT2D eigenvalue weighted by molar-refractivity contribution is 5.73. The van der Waals surface area contributed by atoms with Gasteiger partial charge in [0.05, 0.1) is 0 Å². The Hall–Kier alpha value is -3.38. The van der Waals surface area contributed by atoms with Crippen LogP contribution in [-0.2, 0) is 12.8 Å². The van der Waals surface area contributed by atoms with Crippen LogP contribution in [-0.4, -0.2) is 0 Å². The van der Waals surface area contributed by atoms with Gasteiger partial charge >= 0.3 is 0 Å². The third-order valence-electron chi connectivity index (χ3n) is 5.41. The second-order valence-corrected chi connectivity index (χ2v) is 8.10. The second kappa shape index (κ2) is 9.41. The van der Waals surface area contributed by atoms with Gasteiger partial charge in [-0.05, 0) is 77.3 Å². The highest BCUT2D eigenvalue weighted by atomic mass is 14.1. The summed E-state index contributed by atoms with van der Waals surface area (Å²) < 4.78 is 0. The average molecular weight is 391 g/mol. The van der Waals surface area contributed by atoms with Gasteiger partial charge < -0.3 is 0 Å². The van der Waals surface area contributed by atoms with Crippen molar-refractivity contribution in [1.29, 1.82) is 0 Å². The van der Waals surface area contributed by atoms with Gasteiger partial charge in [-0.3, -0.25) is 0 Å². The standard InChI is InChI=1S/C30H30/c1-21(2)27-14-10-25(11-15-27)18-23(5)29-8-7-9-30(20-29)24(6)19-26-12-16-28(17-13-26)22(3)4/h7-17,20H,1,3,5-6,18-19H2,2,4H3. The molecule has 0 saturated carbocycles. The first-order valence-corrected chi connectivity index (χ1v) is 10.3. The van der Waals surface area contributed by atoms with Crippen LogP contribution in [0.3, 0.4) is 0 Å². The molecule has 3 aromatic carbocycles. The minimum absolute atomic E-state index is 0.828. The van der Waals surface area contributed by atoms with Crippen molar-refractivity contribution in [2.45, 2.75) is 26.7 Å². The monoisotopic (exact) mass is 390 g/mol. The van der Waals surface area contributed by atoms with Gasteiger partial charge in [0.25, 0.3) is 0 Å². The van der Waals surface area contributed by atoms with Crippen molar-refractivity contribution >= 4 is 22.3 Å². The molecule has 0 nitrogen and oxygen atoms in total. The summed E-state index contributed by atoms with van der Waals surface area (Å²) in [6, 6.07) is 25.7. The zero-order valence-electron chi connectivity index (χ0n) is 18.2. The maximum Gasteiger partial charge on any atom is -0.00257 e. The van der Waals surface area contributed by atoms with Crippen molar-refractivity contribution in [3.8, 4) is 0 Å². The molecule has 3 rings (SSSR count). The van der Waals surface area contributed by atoms with Gasteiger partial charge in [0, 0.05) is 0 Å². The summed E-state index contributed by atoms with van der Waals surface area (Å²) in [6.45, 7) is 20.7. The maximum absolute atomic E-state index is 4.33. The Labute approximate surface area is 181 Å². The lowest BCUT2D eigenvalue weighted by Crippen LogP contribution is -1.94. The van der Waals surface area contributed by atoms with Crippen molar-refractivity contribution in [3.05, 3.63) is 132 Å². The molecule has 0 amide bonds. The number of hydrogen-bond donors (Lipinski definition) is 0. The van der Waals surface area contributed by atoms with Gasteiger partial charge in [-0.25, -0.2) is 0 Å². The molecule has 0 aliphatic carbocycles. The van der Waals surface area contributed by atoms with Gasteiger partial charge in [-0.2, -0.15) is 0 Å². The fourth-order valence-corrected chi connectivity index (χ4v) is 3.47. The number of hydrogen-bond acceptors (Lipinski definition) is 0. The highest BCUT2D eigenvalue weighted by Crippen LogP contribution is 2.25. The summed E-state index contributed by atoms with van der Waals surface area (Å²) in [4.78, 5) is 0. The molecule has 0 heteroatoms. The molecule has 0 atom stereocenters. The Morgan fingerprint density at radius 2 is 0.900 bits per heavy atom. The SMILES string of the molecule is C=C(C)c1ccc(CC(=C)c2cccc(C(=C)Cc3ccc(C(=C)C)cc3)c2)cc1. The molecule has 0 spiro atoms. The first-order chi connectivity index (χ1) is 14.3. The lowest BCUT2D eigenvalue weighted by Gasteiger charge is -2.12. The van der Waals surface area contributed by atoms with Gasteiger partial charge in [0.1, 0.15) is 0 Å². The van der Waals surface area contributed by atoms with Gasteiger partial charge in [0.15, 0.2) is 0 Å². The molecule has 0 radical (unpaired) electrons. The van der Waals surface area contributed by atoms with Crippen molar-refractivity contribution in [2.75, 3.05) is 0 Å². The molecule has 0 unspecified atom stereocenters. The zero-order valence-corrected chi connectivity index (χ0v) is 18.2. The number of benzene rings is 3. The van der Waals surface area contributed by atoms with E-state index in [1.165, 1.54) is 22.3 Å². The highest BCUT2D eigenvalue weighted by Gasteiger charge is 2.06. The zero-order chi connectivity index (χ0) is 21.7. The lowest BCUT2D eigenvalue weighted by atomic mass is 9.93. The van der Waals surface area contributed by atoms with Crippen LogP contribution in [0.4, 0.5) is 0 Å². The Balaban J connectivity index is 1.69. The van der Waals surface area contributed by atoms with E-state index in [9.17, 15) is 0 Å². The van der Waals surface area contributed by atoms with E-state index in [4.69, 9.17) is 0 Å². The van der Waals surface area contributed by atoms with E-state index in [1.807, 2.05) is 13.8 Å². The van der Waals surface area contributed by atoms with Crippen LogP contribution in [0.5, 0.6) is 0 Å². The van der Waals surface area contributed by atoms with E-state index < -0.39 is 0 Å². The fraction of sp³-hybridized carbons (Fsp3) is 0.133. The van der Waals surface area contributed by atoms with Crippen LogP contribution in [0.2, 0.25) is 0 Å². The third kappa shape index (κ3) is 5.36. The van der Waals surface area contributed by atoms with Gasteiger partial charge in [0.2, 0.25) is 0 Å². The van der Waals surface area contributed by atoms with E-state index in [1.54, 1.807) is 0 Å². The molecule has 0 saturated heterocycles. The second-order valence-electron chi connectivity index (χ2n) is 8.10. The fourth-order valence-electron chi connectivity index (χ4n) is 3.47. The predicted molar refractivity (Wildman–Crippen MR) is 134 cm³/mol. The summed E-state index contributed by atoms with van der Waals surface area (Å²) in [5, 5.41) is 0. The van der Waals surface area contributed by atoms with Crippen LogP contribution >= 0.6 is 0 Å². The van der Waals surface area contributed by atoms with Crippen LogP contribution in [0.15, 0.2) is 99.1 Å². The normalized spacial score (nSPS) is 10.5. The van der Waals surface area contributed by atoms with E-state index in [-0.39, 0.29) is 0 Å². The Kier molecular flexibility index (Phi) is 6.69. The molecule has 150 valence electrons. The van der Waals surface area contributed by atoms with Crippen molar-refractivity contribution in [2.24, 2.45) is 0 Å². The predicted octanol–water partition coefficient (Wildman–Crippen LogP) is 8.26. The van der Waals surface area contributed by atoms with Crippen LogP contribution < -0.4 is 0 Å². The molecular weight excluding hydrogens is 360 g/mol. The van der Waals surface area contributed by atoms with E-state index in [0.29, 0.717) is 0 Å². The molecular formula is C30H30. The van der Waals surface area contributed by atoms with Crippen LogP contribution in [0, 0.1) is 0 Å². The molecule has 0 aliphatic rings. The summed E-state index contributed by atoms with van der Waals surface area (Å²) in [7, 11) is 0. The summed E-state index contributed by atoms with van der Waals surface area (Å²) in [5.74, 6) is 0. The van der Waals surface area contributed by atoms with Crippen molar-refractivity contribution < 1.29 is 0 Å². The maximum atomic E-state index is 4.33. The van der Waals surface area contributed by atoms with Crippen molar-refractivity contribution in [3.63, 3.8) is 0 Å². The first-order valence-electron chi connectivity index (χ1n) is 10.3. The van der Waals surface area contributed by atoms with Crippen molar-refractivity contribution in [1.82, 2.24) is 0 Å². The molecule has 0 bridgehead atoms. The Morgan fingerprint density at radius 1 is 0.533 bits per heavy atom. The average Bonchev–Trinajstić information content (AvgIpc) is 2.74. The minimum atomic E-state index is 0.828. The molecule has 0 fully saturated rings. The van der Waals surface area contributed by atoms with E-state index >= 15 is 0 Å². The molecule has 0 aliphatic heterocycles. The smallest absolute Gasteiger partial charge is 0.00257 e. The summed E-state index contributed by atoms with van der Waals surface area (Å²) in [6.07, 6.45) is 1.66.